The maximum atomic E-state index is 12.5. The van der Waals surface area contributed by atoms with E-state index in [2.05, 4.69) is 5.32 Å². The van der Waals surface area contributed by atoms with Gasteiger partial charge >= 0.3 is 0 Å². The summed E-state index contributed by atoms with van der Waals surface area (Å²) in [6.45, 7) is 0.513. The molecule has 3 N–H and O–H groups in total. The second kappa shape index (κ2) is 6.10. The van der Waals surface area contributed by atoms with Crippen molar-refractivity contribution in [3.05, 3.63) is 0 Å². The van der Waals surface area contributed by atoms with Crippen molar-refractivity contribution in [1.82, 2.24) is 5.32 Å². The number of nitrogens with two attached hydrogens (primary N) is 1. The van der Waals surface area contributed by atoms with Crippen LogP contribution in [-0.4, -0.2) is 30.0 Å². The minimum atomic E-state index is -0.260. The molecule has 0 aromatic carbocycles. The molecule has 1 unspecified atom stereocenters. The molecule has 1 heterocycles. The van der Waals surface area contributed by atoms with Crippen LogP contribution < -0.4 is 11.1 Å². The maximum Gasteiger partial charge on any atom is 0.227 e. The van der Waals surface area contributed by atoms with Crippen LogP contribution in [0.25, 0.3) is 0 Å². The molecule has 1 atom stereocenters. The van der Waals surface area contributed by atoms with E-state index in [1.54, 1.807) is 0 Å². The summed E-state index contributed by atoms with van der Waals surface area (Å²) >= 11 is 1.94. The normalized spacial score (nSPS) is 28.6. The van der Waals surface area contributed by atoms with E-state index in [0.29, 0.717) is 12.6 Å². The molecule has 17 heavy (non-hydrogen) atoms. The molecule has 3 nitrogen and oxygen atoms in total. The van der Waals surface area contributed by atoms with Crippen LogP contribution >= 0.6 is 11.8 Å². The molecule has 0 aromatic rings. The van der Waals surface area contributed by atoms with E-state index >= 15 is 0 Å². The molecular weight excluding hydrogens is 232 g/mol. The highest BCUT2D eigenvalue weighted by Gasteiger charge is 2.38. The Hall–Kier alpha value is -0.220. The Morgan fingerprint density at radius 2 is 2.00 bits per heavy atom. The van der Waals surface area contributed by atoms with Crippen molar-refractivity contribution in [2.75, 3.05) is 18.1 Å². The lowest BCUT2D eigenvalue weighted by Crippen LogP contribution is -2.49. The second-order valence-corrected chi connectivity index (χ2v) is 6.58. The zero-order valence-electron chi connectivity index (χ0n) is 10.5. The van der Waals surface area contributed by atoms with Gasteiger partial charge in [-0.3, -0.25) is 4.79 Å². The standard InChI is InChI=1S/C13H24N2OS/c14-10-13(6-3-1-2-4-7-13)12(16)15-11-5-8-17-9-11/h11H,1-10,14H2,(H,15,16). The van der Waals surface area contributed by atoms with Crippen LogP contribution in [0.5, 0.6) is 0 Å². The molecule has 1 amide bonds. The van der Waals surface area contributed by atoms with Gasteiger partial charge in [-0.2, -0.15) is 11.8 Å². The lowest BCUT2D eigenvalue weighted by molar-refractivity contribution is -0.132. The fourth-order valence-electron chi connectivity index (χ4n) is 2.92. The van der Waals surface area contributed by atoms with E-state index in [1.165, 1.54) is 18.6 Å². The quantitative estimate of drug-likeness (QED) is 0.758. The number of carbonyl (C=O) groups excluding carboxylic acids is 1. The summed E-state index contributed by atoms with van der Waals surface area (Å²) in [7, 11) is 0. The van der Waals surface area contributed by atoms with Crippen LogP contribution in [0.15, 0.2) is 0 Å². The summed E-state index contributed by atoms with van der Waals surface area (Å²) in [5.41, 5.74) is 5.66. The average Bonchev–Trinajstić information content (AvgIpc) is 2.72. The minimum Gasteiger partial charge on any atom is -0.352 e. The van der Waals surface area contributed by atoms with E-state index in [1.807, 2.05) is 11.8 Å². The molecule has 2 rings (SSSR count). The first kappa shape index (κ1) is 13.2. The van der Waals surface area contributed by atoms with Gasteiger partial charge < -0.3 is 11.1 Å². The molecular formula is C13H24N2OS. The first-order valence-electron chi connectivity index (χ1n) is 6.86. The Labute approximate surface area is 108 Å². The van der Waals surface area contributed by atoms with Crippen LogP contribution in [0.3, 0.4) is 0 Å². The molecule has 98 valence electrons. The van der Waals surface area contributed by atoms with Gasteiger partial charge in [-0.1, -0.05) is 25.7 Å². The molecule has 1 aliphatic heterocycles. The first-order chi connectivity index (χ1) is 8.27. The van der Waals surface area contributed by atoms with Gasteiger partial charge in [0, 0.05) is 18.3 Å². The molecule has 2 aliphatic rings. The molecule has 1 aliphatic carbocycles. The second-order valence-electron chi connectivity index (χ2n) is 5.43. The summed E-state index contributed by atoms with van der Waals surface area (Å²) in [4.78, 5) is 12.5. The highest BCUT2D eigenvalue weighted by Crippen LogP contribution is 2.34. The zero-order valence-corrected chi connectivity index (χ0v) is 11.4. The van der Waals surface area contributed by atoms with E-state index in [4.69, 9.17) is 5.73 Å². The summed E-state index contributed by atoms with van der Waals surface area (Å²) in [6, 6.07) is 0.388. The van der Waals surface area contributed by atoms with Crippen molar-refractivity contribution in [2.24, 2.45) is 11.1 Å². The van der Waals surface area contributed by atoms with Gasteiger partial charge in [0.25, 0.3) is 0 Å². The Morgan fingerprint density at radius 3 is 2.53 bits per heavy atom. The topological polar surface area (TPSA) is 55.1 Å². The molecule has 1 saturated carbocycles. The molecule has 1 saturated heterocycles. The molecule has 0 spiro atoms. The van der Waals surface area contributed by atoms with Crippen molar-refractivity contribution in [2.45, 2.75) is 51.0 Å². The van der Waals surface area contributed by atoms with Crippen LogP contribution in [0, 0.1) is 5.41 Å². The number of carbonyl (C=O) groups is 1. The Kier molecular flexibility index (Phi) is 4.74. The van der Waals surface area contributed by atoms with Gasteiger partial charge in [0.2, 0.25) is 5.91 Å². The fraction of sp³-hybridized carbons (Fsp3) is 0.923. The number of amides is 1. The van der Waals surface area contributed by atoms with Crippen molar-refractivity contribution in [3.63, 3.8) is 0 Å². The summed E-state index contributed by atoms with van der Waals surface area (Å²) in [5.74, 6) is 2.49. The van der Waals surface area contributed by atoms with Gasteiger partial charge in [-0.25, -0.2) is 0 Å². The van der Waals surface area contributed by atoms with E-state index in [-0.39, 0.29) is 11.3 Å². The monoisotopic (exact) mass is 256 g/mol. The predicted molar refractivity (Wildman–Crippen MR) is 73.1 cm³/mol. The average molecular weight is 256 g/mol. The molecule has 0 bridgehead atoms. The van der Waals surface area contributed by atoms with Crippen molar-refractivity contribution in [3.8, 4) is 0 Å². The fourth-order valence-corrected chi connectivity index (χ4v) is 4.07. The van der Waals surface area contributed by atoms with E-state index in [9.17, 15) is 4.79 Å². The van der Waals surface area contributed by atoms with Crippen LogP contribution in [0.1, 0.15) is 44.9 Å². The summed E-state index contributed by atoms with van der Waals surface area (Å²) in [5, 5.41) is 3.23. The van der Waals surface area contributed by atoms with E-state index in [0.717, 1.165) is 37.9 Å². The Balaban J connectivity index is 1.96. The summed E-state index contributed by atoms with van der Waals surface area (Å²) < 4.78 is 0. The first-order valence-corrected chi connectivity index (χ1v) is 8.01. The maximum absolute atomic E-state index is 12.5. The van der Waals surface area contributed by atoms with Gasteiger partial charge in [-0.05, 0) is 25.0 Å². The lowest BCUT2D eigenvalue weighted by Gasteiger charge is -2.31. The van der Waals surface area contributed by atoms with Crippen LogP contribution in [0.2, 0.25) is 0 Å². The number of hydrogen-bond acceptors (Lipinski definition) is 3. The number of nitrogens with one attached hydrogen (secondary N) is 1. The highest BCUT2D eigenvalue weighted by molar-refractivity contribution is 7.99. The summed E-state index contributed by atoms with van der Waals surface area (Å²) in [6.07, 6.45) is 7.91. The Morgan fingerprint density at radius 1 is 1.29 bits per heavy atom. The third kappa shape index (κ3) is 3.16. The third-order valence-corrected chi connectivity index (χ3v) is 5.36. The van der Waals surface area contributed by atoms with Gasteiger partial charge in [-0.15, -0.1) is 0 Å². The van der Waals surface area contributed by atoms with Crippen molar-refractivity contribution >= 4 is 17.7 Å². The Bertz CT molecular complexity index is 256. The van der Waals surface area contributed by atoms with Crippen LogP contribution in [-0.2, 0) is 4.79 Å². The van der Waals surface area contributed by atoms with Crippen LogP contribution in [0.4, 0.5) is 0 Å². The number of hydrogen-bond donors (Lipinski definition) is 2. The van der Waals surface area contributed by atoms with Gasteiger partial charge in [0.05, 0.1) is 5.41 Å². The van der Waals surface area contributed by atoms with E-state index < -0.39 is 0 Å². The highest BCUT2D eigenvalue weighted by atomic mass is 32.2. The smallest absolute Gasteiger partial charge is 0.227 e. The molecule has 0 radical (unpaired) electrons. The lowest BCUT2D eigenvalue weighted by atomic mass is 9.79. The number of rotatable bonds is 3. The zero-order chi connectivity index (χ0) is 12.1. The van der Waals surface area contributed by atoms with Crippen molar-refractivity contribution in [1.29, 1.82) is 0 Å². The largest absolute Gasteiger partial charge is 0.352 e. The SMILES string of the molecule is NCC1(C(=O)NC2CCSC2)CCCCCC1. The minimum absolute atomic E-state index is 0.231. The third-order valence-electron chi connectivity index (χ3n) is 4.20. The van der Waals surface area contributed by atoms with Crippen molar-refractivity contribution < 1.29 is 4.79 Å². The van der Waals surface area contributed by atoms with Gasteiger partial charge in [0.1, 0.15) is 0 Å². The molecule has 2 fully saturated rings. The molecule has 0 aromatic heterocycles. The number of thioether (sulfide) groups is 1. The molecule has 4 heteroatoms. The predicted octanol–water partition coefficient (Wildman–Crippen LogP) is 1.91. The van der Waals surface area contributed by atoms with Gasteiger partial charge in [0.15, 0.2) is 0 Å².